The number of sulfonamides is 1. The quantitative estimate of drug-likeness (QED) is 0.807. The molecule has 1 saturated heterocycles. The third-order valence-corrected chi connectivity index (χ3v) is 7.48. The molecule has 0 amide bonds. The van der Waals surface area contributed by atoms with Crippen molar-refractivity contribution in [3.8, 4) is 0 Å². The molecule has 8 heteroatoms. The second-order valence-corrected chi connectivity index (χ2v) is 10.00. The summed E-state index contributed by atoms with van der Waals surface area (Å²) in [6, 6.07) is 3.95. The van der Waals surface area contributed by atoms with E-state index in [1.165, 1.54) is 10.6 Å². The van der Waals surface area contributed by atoms with Gasteiger partial charge in [-0.15, -0.1) is 0 Å². The van der Waals surface area contributed by atoms with E-state index in [0.717, 1.165) is 51.9 Å². The van der Waals surface area contributed by atoms with Crippen LogP contribution in [0.15, 0.2) is 12.1 Å². The molecule has 0 saturated carbocycles. The van der Waals surface area contributed by atoms with Crippen LogP contribution >= 0.6 is 22.9 Å². The maximum atomic E-state index is 11.5. The molecular weight excluding hydrogens is 366 g/mol. The predicted octanol–water partition coefficient (Wildman–Crippen LogP) is 3.37. The highest BCUT2D eigenvalue weighted by molar-refractivity contribution is 7.88. The van der Waals surface area contributed by atoms with Crippen LogP contribution in [0.2, 0.25) is 5.02 Å². The zero-order valence-electron chi connectivity index (χ0n) is 14.1. The average molecular weight is 388 g/mol. The molecule has 3 rings (SSSR count). The number of aromatic nitrogens is 1. The van der Waals surface area contributed by atoms with Gasteiger partial charge in [-0.05, 0) is 43.4 Å². The molecular formula is C16H22ClN3O2S2. The zero-order chi connectivity index (χ0) is 17.5. The van der Waals surface area contributed by atoms with Gasteiger partial charge >= 0.3 is 0 Å². The molecule has 0 radical (unpaired) electrons. The summed E-state index contributed by atoms with van der Waals surface area (Å²) in [5.41, 5.74) is 2.02. The van der Waals surface area contributed by atoms with E-state index in [-0.39, 0.29) is 0 Å². The van der Waals surface area contributed by atoms with Gasteiger partial charge in [-0.25, -0.2) is 17.7 Å². The van der Waals surface area contributed by atoms with Crippen LogP contribution in [0.1, 0.15) is 18.4 Å². The molecule has 2 heterocycles. The second kappa shape index (κ2) is 6.78. The number of aryl methyl sites for hydroxylation is 1. The lowest BCUT2D eigenvalue weighted by atomic mass is 9.97. The van der Waals surface area contributed by atoms with Crippen molar-refractivity contribution in [1.29, 1.82) is 0 Å². The standard InChI is InChI=1S/C16H22ClN3O2S2/c1-11-13(17)4-5-14-15(11)18-16(23-14)20-8-6-12(7-9-20)10-19(2)24(3,21)22/h4-5,12H,6-10H2,1-3H3. The largest absolute Gasteiger partial charge is 0.348 e. The topological polar surface area (TPSA) is 53.5 Å². The van der Waals surface area contributed by atoms with Crippen LogP contribution in [0.3, 0.4) is 0 Å². The van der Waals surface area contributed by atoms with Crippen LogP contribution in [-0.2, 0) is 10.0 Å². The summed E-state index contributed by atoms with van der Waals surface area (Å²) in [6.07, 6.45) is 3.22. The number of fused-ring (bicyclic) bond motifs is 1. The molecule has 1 aromatic heterocycles. The number of piperidine rings is 1. The van der Waals surface area contributed by atoms with Crippen molar-refractivity contribution >= 4 is 48.3 Å². The zero-order valence-corrected chi connectivity index (χ0v) is 16.5. The monoisotopic (exact) mass is 387 g/mol. The molecule has 24 heavy (non-hydrogen) atoms. The second-order valence-electron chi connectivity index (χ2n) is 6.49. The maximum Gasteiger partial charge on any atom is 0.210 e. The molecule has 0 spiro atoms. The minimum Gasteiger partial charge on any atom is -0.348 e. The van der Waals surface area contributed by atoms with E-state index in [1.54, 1.807) is 18.4 Å². The minimum atomic E-state index is -3.10. The Morgan fingerprint density at radius 2 is 2.04 bits per heavy atom. The summed E-state index contributed by atoms with van der Waals surface area (Å²) >= 11 is 7.88. The lowest BCUT2D eigenvalue weighted by Gasteiger charge is -2.33. The lowest BCUT2D eigenvalue weighted by Crippen LogP contribution is -2.39. The Kier molecular flexibility index (Phi) is 5.06. The molecule has 0 aliphatic carbocycles. The summed E-state index contributed by atoms with van der Waals surface area (Å²) in [6.45, 7) is 4.42. The number of thiazole rings is 1. The summed E-state index contributed by atoms with van der Waals surface area (Å²) in [7, 11) is -1.44. The SMILES string of the molecule is Cc1c(Cl)ccc2sc(N3CCC(CN(C)S(C)(=O)=O)CC3)nc12. The van der Waals surface area contributed by atoms with Crippen LogP contribution in [0.5, 0.6) is 0 Å². The van der Waals surface area contributed by atoms with Crippen molar-refractivity contribution < 1.29 is 8.42 Å². The fourth-order valence-electron chi connectivity index (χ4n) is 3.03. The van der Waals surface area contributed by atoms with Crippen molar-refractivity contribution in [2.45, 2.75) is 19.8 Å². The van der Waals surface area contributed by atoms with Crippen molar-refractivity contribution in [1.82, 2.24) is 9.29 Å². The number of halogens is 1. The van der Waals surface area contributed by atoms with Crippen molar-refractivity contribution in [3.05, 3.63) is 22.7 Å². The molecule has 1 aliphatic rings. The Labute approximate surface area is 152 Å². The molecule has 0 atom stereocenters. The van der Waals surface area contributed by atoms with Gasteiger partial charge in [0.05, 0.1) is 16.5 Å². The van der Waals surface area contributed by atoms with E-state index in [0.29, 0.717) is 12.5 Å². The summed E-state index contributed by atoms with van der Waals surface area (Å²) in [5, 5.41) is 1.78. The first kappa shape index (κ1) is 17.9. The van der Waals surface area contributed by atoms with Crippen LogP contribution in [-0.4, -0.2) is 50.6 Å². The normalized spacial score (nSPS) is 17.1. The van der Waals surface area contributed by atoms with E-state index in [1.807, 2.05) is 19.1 Å². The Bertz CT molecular complexity index is 842. The smallest absolute Gasteiger partial charge is 0.210 e. The highest BCUT2D eigenvalue weighted by atomic mass is 35.5. The Morgan fingerprint density at radius 1 is 1.38 bits per heavy atom. The van der Waals surface area contributed by atoms with Gasteiger partial charge in [-0.3, -0.25) is 0 Å². The van der Waals surface area contributed by atoms with E-state index in [4.69, 9.17) is 16.6 Å². The molecule has 1 fully saturated rings. The fraction of sp³-hybridized carbons (Fsp3) is 0.562. The number of rotatable bonds is 4. The number of benzene rings is 1. The van der Waals surface area contributed by atoms with Crippen molar-refractivity contribution in [2.75, 3.05) is 37.8 Å². The highest BCUT2D eigenvalue weighted by Crippen LogP contribution is 2.35. The van der Waals surface area contributed by atoms with Crippen LogP contribution in [0, 0.1) is 12.8 Å². The van der Waals surface area contributed by atoms with Gasteiger partial charge in [-0.1, -0.05) is 22.9 Å². The Morgan fingerprint density at radius 3 is 2.67 bits per heavy atom. The Balaban J connectivity index is 1.68. The van der Waals surface area contributed by atoms with E-state index >= 15 is 0 Å². The Hall–Kier alpha value is -0.890. The highest BCUT2D eigenvalue weighted by Gasteiger charge is 2.25. The predicted molar refractivity (Wildman–Crippen MR) is 102 cm³/mol. The average Bonchev–Trinajstić information content (AvgIpc) is 2.96. The van der Waals surface area contributed by atoms with Gasteiger partial charge in [0.15, 0.2) is 5.13 Å². The fourth-order valence-corrected chi connectivity index (χ4v) is 4.74. The molecule has 0 N–H and O–H groups in total. The van der Waals surface area contributed by atoms with Gasteiger partial charge in [0.1, 0.15) is 0 Å². The molecule has 5 nitrogen and oxygen atoms in total. The first-order valence-electron chi connectivity index (χ1n) is 7.97. The van der Waals surface area contributed by atoms with Crippen molar-refractivity contribution in [3.63, 3.8) is 0 Å². The van der Waals surface area contributed by atoms with E-state index in [2.05, 4.69) is 4.90 Å². The molecule has 2 aromatic rings. The first-order valence-corrected chi connectivity index (χ1v) is 11.0. The number of nitrogens with zero attached hydrogens (tertiary/aromatic N) is 3. The molecule has 0 unspecified atom stereocenters. The van der Waals surface area contributed by atoms with Gasteiger partial charge in [0.25, 0.3) is 0 Å². The van der Waals surface area contributed by atoms with Gasteiger partial charge in [0.2, 0.25) is 10.0 Å². The molecule has 1 aromatic carbocycles. The number of hydrogen-bond acceptors (Lipinski definition) is 5. The van der Waals surface area contributed by atoms with Gasteiger partial charge in [0, 0.05) is 31.7 Å². The van der Waals surface area contributed by atoms with Crippen LogP contribution in [0.4, 0.5) is 5.13 Å². The first-order chi connectivity index (χ1) is 11.3. The molecule has 0 bridgehead atoms. The maximum absolute atomic E-state index is 11.5. The lowest BCUT2D eigenvalue weighted by molar-refractivity contribution is 0.329. The van der Waals surface area contributed by atoms with E-state index < -0.39 is 10.0 Å². The van der Waals surface area contributed by atoms with Crippen LogP contribution < -0.4 is 4.90 Å². The number of anilines is 1. The molecule has 132 valence electrons. The third kappa shape index (κ3) is 3.69. The summed E-state index contributed by atoms with van der Waals surface area (Å²) < 4.78 is 25.7. The minimum absolute atomic E-state index is 0.409. The van der Waals surface area contributed by atoms with Gasteiger partial charge < -0.3 is 4.90 Å². The van der Waals surface area contributed by atoms with E-state index in [9.17, 15) is 8.42 Å². The molecule has 1 aliphatic heterocycles. The third-order valence-electron chi connectivity index (χ3n) is 4.70. The van der Waals surface area contributed by atoms with Crippen LogP contribution in [0.25, 0.3) is 10.2 Å². The number of hydrogen-bond donors (Lipinski definition) is 0. The van der Waals surface area contributed by atoms with Gasteiger partial charge in [-0.2, -0.15) is 0 Å². The van der Waals surface area contributed by atoms with Crippen molar-refractivity contribution in [2.24, 2.45) is 5.92 Å². The summed E-state index contributed by atoms with van der Waals surface area (Å²) in [4.78, 5) is 7.08. The summed E-state index contributed by atoms with van der Waals surface area (Å²) in [5.74, 6) is 0.409.